The maximum absolute atomic E-state index is 10.8. The minimum absolute atomic E-state index is 0.133. The van der Waals surface area contributed by atoms with Gasteiger partial charge in [-0.2, -0.15) is 0 Å². The largest absolute Gasteiger partial charge is 0.378 e. The fourth-order valence-corrected chi connectivity index (χ4v) is 1.49. The number of rotatable bonds is 3. The monoisotopic (exact) mass is 252 g/mol. The Balaban J connectivity index is 2.61. The molecule has 0 aliphatic carbocycles. The number of sulfonamides is 1. The lowest BCUT2D eigenvalue weighted by atomic mass is 10.2. The second-order valence-corrected chi connectivity index (χ2v) is 5.67. The summed E-state index contributed by atoms with van der Waals surface area (Å²) < 4.78 is 23.9. The number of anilines is 1. The average Bonchev–Trinajstić information content (AvgIpc) is 2.24. The first-order valence-electron chi connectivity index (χ1n) is 5.09. The summed E-state index contributed by atoms with van der Waals surface area (Å²) in [5.41, 5.74) is 1.97. The van der Waals surface area contributed by atoms with E-state index < -0.39 is 10.0 Å². The highest BCUT2D eigenvalue weighted by Gasteiger charge is 1.96. The Morgan fingerprint density at radius 1 is 1.24 bits per heavy atom. The lowest BCUT2D eigenvalue weighted by Gasteiger charge is -2.11. The standard InChI is InChI=1S/C12H16N2O2S/c1-14(2)12-8-6-11(7-9-12)5-4-10-13-17(3,15)16/h6-9,13H,10H2,1-3H3. The summed E-state index contributed by atoms with van der Waals surface area (Å²) in [6, 6.07) is 7.74. The quantitative estimate of drug-likeness (QED) is 0.804. The first-order valence-corrected chi connectivity index (χ1v) is 6.98. The van der Waals surface area contributed by atoms with Gasteiger partial charge in [0.25, 0.3) is 0 Å². The lowest BCUT2D eigenvalue weighted by molar-refractivity contribution is 0.592. The summed E-state index contributed by atoms with van der Waals surface area (Å²) >= 11 is 0. The minimum atomic E-state index is -3.16. The van der Waals surface area contributed by atoms with Crippen molar-refractivity contribution in [2.75, 3.05) is 31.8 Å². The van der Waals surface area contributed by atoms with E-state index in [0.717, 1.165) is 17.5 Å². The Morgan fingerprint density at radius 2 is 1.82 bits per heavy atom. The van der Waals surface area contributed by atoms with Crippen LogP contribution in [-0.2, 0) is 10.0 Å². The van der Waals surface area contributed by atoms with Crippen LogP contribution < -0.4 is 9.62 Å². The van der Waals surface area contributed by atoms with Crippen molar-refractivity contribution in [3.05, 3.63) is 29.8 Å². The smallest absolute Gasteiger partial charge is 0.209 e. The molecular weight excluding hydrogens is 236 g/mol. The zero-order valence-corrected chi connectivity index (χ0v) is 11.0. The van der Waals surface area contributed by atoms with Crippen molar-refractivity contribution in [1.29, 1.82) is 0 Å². The van der Waals surface area contributed by atoms with E-state index in [1.54, 1.807) is 0 Å². The van der Waals surface area contributed by atoms with Crippen LogP contribution in [0.25, 0.3) is 0 Å². The summed E-state index contributed by atoms with van der Waals surface area (Å²) in [4.78, 5) is 2.00. The summed E-state index contributed by atoms with van der Waals surface area (Å²) in [5.74, 6) is 5.64. The molecule has 0 saturated heterocycles. The van der Waals surface area contributed by atoms with E-state index >= 15 is 0 Å². The van der Waals surface area contributed by atoms with Crippen molar-refractivity contribution in [3.63, 3.8) is 0 Å². The summed E-state index contributed by atoms with van der Waals surface area (Å²) in [6.45, 7) is 0.133. The maximum atomic E-state index is 10.8. The number of benzene rings is 1. The fourth-order valence-electron chi connectivity index (χ4n) is 1.16. The molecule has 0 amide bonds. The summed E-state index contributed by atoms with van der Waals surface area (Å²) in [7, 11) is 0.782. The summed E-state index contributed by atoms with van der Waals surface area (Å²) in [6.07, 6.45) is 1.11. The molecule has 0 spiro atoms. The predicted octanol–water partition coefficient (Wildman–Crippen LogP) is 0.653. The van der Waals surface area contributed by atoms with Crippen LogP contribution in [0.2, 0.25) is 0 Å². The van der Waals surface area contributed by atoms with Crippen LogP contribution in [0.1, 0.15) is 5.56 Å². The first kappa shape index (κ1) is 13.6. The van der Waals surface area contributed by atoms with Gasteiger partial charge in [0.05, 0.1) is 12.8 Å². The van der Waals surface area contributed by atoms with Crippen molar-refractivity contribution in [3.8, 4) is 11.8 Å². The molecule has 1 rings (SSSR count). The lowest BCUT2D eigenvalue weighted by Crippen LogP contribution is -2.21. The van der Waals surface area contributed by atoms with E-state index in [-0.39, 0.29) is 6.54 Å². The molecule has 0 aliphatic heterocycles. The molecule has 17 heavy (non-hydrogen) atoms. The second kappa shape index (κ2) is 5.71. The third kappa shape index (κ3) is 5.38. The van der Waals surface area contributed by atoms with E-state index in [4.69, 9.17) is 0 Å². The maximum Gasteiger partial charge on any atom is 0.209 e. The van der Waals surface area contributed by atoms with Gasteiger partial charge in [0.1, 0.15) is 0 Å². The Kier molecular flexibility index (Phi) is 4.55. The Hall–Kier alpha value is -1.51. The molecule has 0 saturated carbocycles. The molecule has 0 radical (unpaired) electrons. The van der Waals surface area contributed by atoms with Gasteiger partial charge in [0.2, 0.25) is 10.0 Å². The predicted molar refractivity (Wildman–Crippen MR) is 70.5 cm³/mol. The normalized spacial score (nSPS) is 10.5. The van der Waals surface area contributed by atoms with Crippen LogP contribution >= 0.6 is 0 Å². The molecule has 92 valence electrons. The molecule has 5 heteroatoms. The van der Waals surface area contributed by atoms with Crippen LogP contribution in [0.4, 0.5) is 5.69 Å². The van der Waals surface area contributed by atoms with Gasteiger partial charge in [0, 0.05) is 25.3 Å². The highest BCUT2D eigenvalue weighted by molar-refractivity contribution is 7.88. The average molecular weight is 252 g/mol. The van der Waals surface area contributed by atoms with Crippen molar-refractivity contribution < 1.29 is 8.42 Å². The molecule has 0 bridgehead atoms. The van der Waals surface area contributed by atoms with Gasteiger partial charge in [-0.3, -0.25) is 0 Å². The molecule has 0 aliphatic rings. The highest BCUT2D eigenvalue weighted by atomic mass is 32.2. The SMILES string of the molecule is CN(C)c1ccc(C#CCNS(C)(=O)=O)cc1. The molecule has 0 atom stereocenters. The third-order valence-corrected chi connectivity index (χ3v) is 2.71. The fraction of sp³-hybridized carbons (Fsp3) is 0.333. The Bertz CT molecular complexity index is 522. The zero-order valence-electron chi connectivity index (χ0n) is 10.2. The van der Waals surface area contributed by atoms with Gasteiger partial charge >= 0.3 is 0 Å². The zero-order chi connectivity index (χ0) is 12.9. The number of nitrogens with zero attached hydrogens (tertiary/aromatic N) is 1. The number of hydrogen-bond acceptors (Lipinski definition) is 3. The third-order valence-electron chi connectivity index (χ3n) is 2.04. The first-order chi connectivity index (χ1) is 7.88. The van der Waals surface area contributed by atoms with Crippen LogP contribution in [0.3, 0.4) is 0 Å². The van der Waals surface area contributed by atoms with E-state index in [1.165, 1.54) is 0 Å². The Morgan fingerprint density at radius 3 is 2.29 bits per heavy atom. The molecule has 4 nitrogen and oxygen atoms in total. The van der Waals surface area contributed by atoms with Gasteiger partial charge in [-0.25, -0.2) is 13.1 Å². The highest BCUT2D eigenvalue weighted by Crippen LogP contribution is 2.11. The molecule has 0 unspecified atom stereocenters. The topological polar surface area (TPSA) is 49.4 Å². The molecule has 0 aromatic heterocycles. The van der Waals surface area contributed by atoms with E-state index in [2.05, 4.69) is 16.6 Å². The van der Waals surface area contributed by atoms with Crippen molar-refractivity contribution in [2.24, 2.45) is 0 Å². The van der Waals surface area contributed by atoms with E-state index in [0.29, 0.717) is 0 Å². The molecule has 0 heterocycles. The second-order valence-electron chi connectivity index (χ2n) is 3.84. The van der Waals surface area contributed by atoms with Crippen LogP contribution in [0.15, 0.2) is 24.3 Å². The summed E-state index contributed by atoms with van der Waals surface area (Å²) in [5, 5.41) is 0. The molecule has 0 fully saturated rings. The van der Waals surface area contributed by atoms with E-state index in [9.17, 15) is 8.42 Å². The van der Waals surface area contributed by atoms with Crippen LogP contribution in [0.5, 0.6) is 0 Å². The van der Waals surface area contributed by atoms with Gasteiger partial charge in [-0.1, -0.05) is 11.8 Å². The van der Waals surface area contributed by atoms with E-state index in [1.807, 2.05) is 43.3 Å². The molecule has 1 aromatic rings. The number of nitrogens with one attached hydrogen (secondary N) is 1. The molecule has 1 aromatic carbocycles. The van der Waals surface area contributed by atoms with Gasteiger partial charge in [-0.15, -0.1) is 0 Å². The molecular formula is C12H16N2O2S. The minimum Gasteiger partial charge on any atom is -0.378 e. The van der Waals surface area contributed by atoms with Crippen LogP contribution in [-0.4, -0.2) is 35.3 Å². The van der Waals surface area contributed by atoms with Crippen LogP contribution in [0, 0.1) is 11.8 Å². The molecule has 1 N–H and O–H groups in total. The van der Waals surface area contributed by atoms with Gasteiger partial charge in [-0.05, 0) is 24.3 Å². The van der Waals surface area contributed by atoms with Crippen molar-refractivity contribution in [1.82, 2.24) is 4.72 Å². The van der Waals surface area contributed by atoms with Crippen molar-refractivity contribution >= 4 is 15.7 Å². The van der Waals surface area contributed by atoms with Crippen molar-refractivity contribution in [2.45, 2.75) is 0 Å². The number of hydrogen-bond donors (Lipinski definition) is 1. The van der Waals surface area contributed by atoms with Gasteiger partial charge < -0.3 is 4.90 Å². The Labute approximate surface area is 103 Å². The van der Waals surface area contributed by atoms with Gasteiger partial charge in [0.15, 0.2) is 0 Å².